The number of H-pyrrole nitrogens is 1. The van der Waals surface area contributed by atoms with Gasteiger partial charge in [-0.2, -0.15) is 0 Å². The minimum atomic E-state index is -0.190. The second kappa shape index (κ2) is 9.88. The first-order valence-electron chi connectivity index (χ1n) is 12.5. The van der Waals surface area contributed by atoms with E-state index in [1.54, 1.807) is 12.3 Å². The van der Waals surface area contributed by atoms with E-state index in [2.05, 4.69) is 33.1 Å². The molecule has 0 aliphatic carbocycles. The molecular weight excluding hydrogens is 482 g/mol. The van der Waals surface area contributed by atoms with Crippen LogP contribution >= 0.6 is 11.6 Å². The van der Waals surface area contributed by atoms with Gasteiger partial charge >= 0.3 is 0 Å². The van der Waals surface area contributed by atoms with Crippen molar-refractivity contribution in [1.29, 1.82) is 0 Å². The third-order valence-corrected chi connectivity index (χ3v) is 7.40. The molecule has 6 rings (SSSR count). The van der Waals surface area contributed by atoms with Crippen molar-refractivity contribution < 1.29 is 4.79 Å². The highest BCUT2D eigenvalue weighted by Gasteiger charge is 2.36. The number of nitrogens with one attached hydrogen (secondary N) is 1. The van der Waals surface area contributed by atoms with Gasteiger partial charge in [0.1, 0.15) is 0 Å². The lowest BCUT2D eigenvalue weighted by molar-refractivity contribution is -0.133. The Hall–Kier alpha value is -3.87. The number of anilines is 1. The fourth-order valence-electron chi connectivity index (χ4n) is 5.31. The summed E-state index contributed by atoms with van der Waals surface area (Å²) in [5.74, 6) is 0.163. The zero-order valence-corrected chi connectivity index (χ0v) is 21.2. The summed E-state index contributed by atoms with van der Waals surface area (Å²) in [4.78, 5) is 25.9. The van der Waals surface area contributed by atoms with Gasteiger partial charge in [-0.1, -0.05) is 54.1 Å². The van der Waals surface area contributed by atoms with Gasteiger partial charge < -0.3 is 15.6 Å². The minimum Gasteiger partial charge on any atom is -0.398 e. The number of halogens is 1. The molecule has 1 aliphatic heterocycles. The molecule has 3 heterocycles. The highest BCUT2D eigenvalue weighted by atomic mass is 35.5. The van der Waals surface area contributed by atoms with Gasteiger partial charge in [0.05, 0.1) is 11.6 Å². The number of rotatable bonds is 7. The van der Waals surface area contributed by atoms with E-state index in [9.17, 15) is 4.79 Å². The van der Waals surface area contributed by atoms with Crippen LogP contribution in [0.3, 0.4) is 0 Å². The van der Waals surface area contributed by atoms with E-state index in [0.29, 0.717) is 30.3 Å². The predicted molar refractivity (Wildman–Crippen MR) is 149 cm³/mol. The Labute approximate surface area is 220 Å². The fourth-order valence-corrected chi connectivity index (χ4v) is 5.50. The van der Waals surface area contributed by atoms with Gasteiger partial charge in [-0.05, 0) is 53.9 Å². The summed E-state index contributed by atoms with van der Waals surface area (Å²) in [5, 5.41) is 2.73. The molecule has 0 radical (unpaired) electrons. The van der Waals surface area contributed by atoms with E-state index in [1.165, 1.54) is 5.56 Å². The molecule has 0 spiro atoms. The summed E-state index contributed by atoms with van der Waals surface area (Å²) >= 11 is 6.20. The maximum atomic E-state index is 13.7. The van der Waals surface area contributed by atoms with Crippen LogP contribution in [-0.4, -0.2) is 38.3 Å². The number of aromatic nitrogens is 2. The largest absolute Gasteiger partial charge is 0.398 e. The molecule has 186 valence electrons. The van der Waals surface area contributed by atoms with Gasteiger partial charge in [0.25, 0.3) is 0 Å². The van der Waals surface area contributed by atoms with Gasteiger partial charge in [0.2, 0.25) is 5.91 Å². The first-order valence-corrected chi connectivity index (χ1v) is 12.9. The van der Waals surface area contributed by atoms with Crippen LogP contribution in [0.15, 0.2) is 85.1 Å². The van der Waals surface area contributed by atoms with Crippen molar-refractivity contribution >= 4 is 45.0 Å². The minimum absolute atomic E-state index is 0.163. The van der Waals surface area contributed by atoms with Crippen molar-refractivity contribution in [3.05, 3.63) is 107 Å². The Bertz CT molecular complexity index is 1580. The summed E-state index contributed by atoms with van der Waals surface area (Å²) in [6, 6.07) is 26.0. The summed E-state index contributed by atoms with van der Waals surface area (Å²) in [6.45, 7) is 2.62. The second-order valence-electron chi connectivity index (χ2n) is 9.73. The number of carbonyl (C=O) groups excluding carboxylic acids is 1. The standard InChI is InChI=1S/C30H28ClN5O/c31-23-7-9-27-22(15-23)16-24(34-27)19-36(17-20-4-2-1-3-5-20)29-11-13-35(30(29)37)18-21-6-8-25-26(32)10-12-33-28(25)14-21/h1-10,12,14-16,29,34H,11,13,17-19H2,(H2,32,33)/t29-/m1/s1. The molecule has 2 aromatic heterocycles. The molecule has 7 heteroatoms. The van der Waals surface area contributed by atoms with Crippen molar-refractivity contribution in [2.45, 2.75) is 32.1 Å². The van der Waals surface area contributed by atoms with Crippen LogP contribution in [0.1, 0.15) is 23.2 Å². The molecule has 3 aromatic carbocycles. The molecule has 1 saturated heterocycles. The fraction of sp³-hybridized carbons (Fsp3) is 0.200. The van der Waals surface area contributed by atoms with Crippen molar-refractivity contribution in [3.8, 4) is 0 Å². The summed E-state index contributed by atoms with van der Waals surface area (Å²) in [7, 11) is 0. The number of amides is 1. The van der Waals surface area contributed by atoms with Gasteiger partial charge in [-0.15, -0.1) is 0 Å². The lowest BCUT2D eigenvalue weighted by Crippen LogP contribution is -2.41. The molecule has 3 N–H and O–H groups in total. The number of benzene rings is 3. The highest BCUT2D eigenvalue weighted by Crippen LogP contribution is 2.27. The van der Waals surface area contributed by atoms with Crippen LogP contribution in [0.25, 0.3) is 21.8 Å². The van der Waals surface area contributed by atoms with E-state index < -0.39 is 0 Å². The number of nitrogen functional groups attached to an aromatic ring is 1. The van der Waals surface area contributed by atoms with Crippen molar-refractivity contribution in [2.75, 3.05) is 12.3 Å². The Morgan fingerprint density at radius 1 is 1.00 bits per heavy atom. The van der Waals surface area contributed by atoms with Crippen LogP contribution in [-0.2, 0) is 24.4 Å². The van der Waals surface area contributed by atoms with Gasteiger partial charge in [-0.3, -0.25) is 14.7 Å². The molecule has 37 heavy (non-hydrogen) atoms. The van der Waals surface area contributed by atoms with Crippen LogP contribution in [0, 0.1) is 0 Å². The van der Waals surface area contributed by atoms with E-state index in [0.717, 1.165) is 46.0 Å². The molecule has 1 atom stereocenters. The average Bonchev–Trinajstić information content (AvgIpc) is 3.46. The lowest BCUT2D eigenvalue weighted by atomic mass is 10.1. The maximum absolute atomic E-state index is 13.7. The second-order valence-corrected chi connectivity index (χ2v) is 10.2. The Morgan fingerprint density at radius 2 is 1.86 bits per heavy atom. The van der Waals surface area contributed by atoms with Crippen molar-refractivity contribution in [2.24, 2.45) is 0 Å². The van der Waals surface area contributed by atoms with Gasteiger partial charge in [-0.25, -0.2) is 0 Å². The van der Waals surface area contributed by atoms with Gasteiger partial charge in [0, 0.05) is 65.1 Å². The zero-order valence-electron chi connectivity index (χ0n) is 20.4. The van der Waals surface area contributed by atoms with Crippen LogP contribution in [0.4, 0.5) is 5.69 Å². The van der Waals surface area contributed by atoms with E-state index in [1.807, 2.05) is 59.5 Å². The number of nitrogens with two attached hydrogens (primary N) is 1. The summed E-state index contributed by atoms with van der Waals surface area (Å²) < 4.78 is 0. The number of carbonyl (C=O) groups is 1. The summed E-state index contributed by atoms with van der Waals surface area (Å²) in [6.07, 6.45) is 2.51. The van der Waals surface area contributed by atoms with E-state index in [-0.39, 0.29) is 11.9 Å². The number of hydrogen-bond acceptors (Lipinski definition) is 4. The third-order valence-electron chi connectivity index (χ3n) is 7.16. The molecule has 0 saturated carbocycles. The smallest absolute Gasteiger partial charge is 0.240 e. The average molecular weight is 510 g/mol. The molecule has 0 bridgehead atoms. The van der Waals surface area contributed by atoms with Crippen molar-refractivity contribution in [1.82, 2.24) is 19.8 Å². The van der Waals surface area contributed by atoms with Crippen LogP contribution < -0.4 is 5.73 Å². The number of hydrogen-bond donors (Lipinski definition) is 2. The normalized spacial score (nSPS) is 15.9. The Balaban J connectivity index is 1.24. The molecular formula is C30H28ClN5O. The maximum Gasteiger partial charge on any atom is 0.240 e. The molecule has 1 aliphatic rings. The zero-order chi connectivity index (χ0) is 25.4. The monoisotopic (exact) mass is 509 g/mol. The number of pyridine rings is 1. The first kappa shape index (κ1) is 23.5. The van der Waals surface area contributed by atoms with Crippen LogP contribution in [0.2, 0.25) is 5.02 Å². The van der Waals surface area contributed by atoms with E-state index in [4.69, 9.17) is 17.3 Å². The van der Waals surface area contributed by atoms with Crippen LogP contribution in [0.5, 0.6) is 0 Å². The molecule has 1 amide bonds. The SMILES string of the molecule is Nc1ccnc2cc(CN3CC[C@@H](N(Cc4ccccc4)Cc4cc5cc(Cl)ccc5[nH]4)C3=O)ccc12. The number of fused-ring (bicyclic) bond motifs is 2. The lowest BCUT2D eigenvalue weighted by Gasteiger charge is -2.28. The number of likely N-dealkylation sites (tertiary alicyclic amines) is 1. The molecule has 6 nitrogen and oxygen atoms in total. The van der Waals surface area contributed by atoms with Gasteiger partial charge in [0.15, 0.2) is 0 Å². The highest BCUT2D eigenvalue weighted by molar-refractivity contribution is 6.31. The Kier molecular flexibility index (Phi) is 6.28. The van der Waals surface area contributed by atoms with Crippen molar-refractivity contribution in [3.63, 3.8) is 0 Å². The quantitative estimate of drug-likeness (QED) is 0.292. The first-order chi connectivity index (χ1) is 18.0. The molecule has 0 unspecified atom stereocenters. The van der Waals surface area contributed by atoms with E-state index >= 15 is 0 Å². The number of aromatic amines is 1. The molecule has 1 fully saturated rings. The topological polar surface area (TPSA) is 78.2 Å². The third kappa shape index (κ3) is 4.90. The Morgan fingerprint density at radius 3 is 2.73 bits per heavy atom. The number of nitrogens with zero attached hydrogens (tertiary/aromatic N) is 3. The predicted octanol–water partition coefficient (Wildman–Crippen LogP) is 5.76. The summed E-state index contributed by atoms with van der Waals surface area (Å²) in [5.41, 5.74) is 12.0. The molecule has 5 aromatic rings.